The number of anilines is 1. The van der Waals surface area contributed by atoms with Crippen LogP contribution in [0.1, 0.15) is 24.0 Å². The van der Waals surface area contributed by atoms with Crippen molar-refractivity contribution in [2.75, 3.05) is 11.9 Å². The lowest BCUT2D eigenvalue weighted by atomic mass is 9.82. The van der Waals surface area contributed by atoms with Gasteiger partial charge in [-0.3, -0.25) is 13.9 Å². The van der Waals surface area contributed by atoms with E-state index in [1.54, 1.807) is 38.2 Å². The van der Waals surface area contributed by atoms with E-state index in [2.05, 4.69) is 11.9 Å². The van der Waals surface area contributed by atoms with Gasteiger partial charge in [-0.1, -0.05) is 36.4 Å². The molecule has 1 aliphatic rings. The van der Waals surface area contributed by atoms with Gasteiger partial charge >= 0.3 is 11.7 Å². The van der Waals surface area contributed by atoms with E-state index in [9.17, 15) is 14.4 Å². The van der Waals surface area contributed by atoms with Gasteiger partial charge in [-0.05, 0) is 24.6 Å². The molecule has 146 valence electrons. The third kappa shape index (κ3) is 3.18. The number of nitrogens with zero attached hydrogens (tertiary/aromatic N) is 2. The van der Waals surface area contributed by atoms with Crippen LogP contribution >= 0.6 is 11.6 Å². The minimum Gasteiger partial charge on any atom is -0.458 e. The number of carbonyl (C=O) groups is 1. The van der Waals surface area contributed by atoms with Gasteiger partial charge in [0.2, 0.25) is 0 Å². The molecule has 1 aliphatic heterocycles. The summed E-state index contributed by atoms with van der Waals surface area (Å²) in [6.45, 7) is 5.29. The second kappa shape index (κ2) is 7.52. The number of ether oxygens (including phenoxy) is 1. The Labute approximate surface area is 166 Å². The number of rotatable bonds is 4. The van der Waals surface area contributed by atoms with Crippen molar-refractivity contribution in [3.8, 4) is 0 Å². The zero-order valence-electron chi connectivity index (χ0n) is 15.8. The SMILES string of the molecule is C=CCOC(=O)C1=C(C)Nc2c(c(=O)n(C)c(=O)n2C)[C@H]1c1cccc(Cl)c1. The maximum absolute atomic E-state index is 13.0. The lowest BCUT2D eigenvalue weighted by Crippen LogP contribution is -2.43. The Hall–Kier alpha value is -3.06. The molecule has 0 radical (unpaired) electrons. The largest absolute Gasteiger partial charge is 0.458 e. The van der Waals surface area contributed by atoms with Crippen molar-refractivity contribution in [3.05, 3.63) is 85.2 Å². The van der Waals surface area contributed by atoms with E-state index in [1.807, 2.05) is 0 Å². The number of nitrogens with one attached hydrogen (secondary N) is 1. The Kier molecular flexibility index (Phi) is 5.29. The van der Waals surface area contributed by atoms with Gasteiger partial charge < -0.3 is 10.1 Å². The highest BCUT2D eigenvalue weighted by Crippen LogP contribution is 2.40. The molecule has 0 spiro atoms. The molecular weight excluding hydrogens is 382 g/mol. The van der Waals surface area contributed by atoms with Gasteiger partial charge in [0.1, 0.15) is 12.4 Å². The third-order valence-corrected chi connectivity index (χ3v) is 4.96. The minimum atomic E-state index is -0.738. The number of hydrogen-bond acceptors (Lipinski definition) is 5. The maximum atomic E-state index is 13.0. The number of allylic oxidation sites excluding steroid dienone is 1. The first kappa shape index (κ1) is 19.7. The highest BCUT2D eigenvalue weighted by atomic mass is 35.5. The molecule has 3 rings (SSSR count). The van der Waals surface area contributed by atoms with Crippen LogP contribution in [-0.2, 0) is 23.6 Å². The molecule has 1 aromatic carbocycles. The molecule has 2 heterocycles. The van der Waals surface area contributed by atoms with Crippen LogP contribution in [0.4, 0.5) is 5.82 Å². The zero-order valence-corrected chi connectivity index (χ0v) is 16.5. The quantitative estimate of drug-likeness (QED) is 0.628. The molecule has 2 aromatic rings. The Morgan fingerprint density at radius 2 is 2.04 bits per heavy atom. The second-order valence-electron chi connectivity index (χ2n) is 6.51. The average Bonchev–Trinajstić information content (AvgIpc) is 2.67. The van der Waals surface area contributed by atoms with Crippen LogP contribution in [0.3, 0.4) is 0 Å². The van der Waals surface area contributed by atoms with E-state index in [4.69, 9.17) is 16.3 Å². The molecule has 7 nitrogen and oxygen atoms in total. The number of halogens is 1. The first-order valence-electron chi connectivity index (χ1n) is 8.59. The predicted molar refractivity (Wildman–Crippen MR) is 108 cm³/mol. The summed E-state index contributed by atoms with van der Waals surface area (Å²) >= 11 is 6.17. The monoisotopic (exact) mass is 401 g/mol. The summed E-state index contributed by atoms with van der Waals surface area (Å²) in [5, 5.41) is 3.50. The highest BCUT2D eigenvalue weighted by Gasteiger charge is 2.37. The first-order chi connectivity index (χ1) is 13.3. The molecule has 1 atom stereocenters. The standard InChI is InChI=1S/C20H20ClN3O4/c1-5-9-28-19(26)14-11(2)22-17-16(18(25)24(4)20(27)23(17)3)15(14)12-7-6-8-13(21)10-12/h5-8,10,15,22H,1,9H2,2-4H3/t15-/m0/s1. The van der Waals surface area contributed by atoms with Gasteiger partial charge in [0.25, 0.3) is 5.56 Å². The molecule has 0 saturated heterocycles. The molecule has 1 N–H and O–H groups in total. The van der Waals surface area contributed by atoms with E-state index in [1.165, 1.54) is 17.7 Å². The van der Waals surface area contributed by atoms with Gasteiger partial charge in [0.05, 0.1) is 17.1 Å². The first-order valence-corrected chi connectivity index (χ1v) is 8.96. The lowest BCUT2D eigenvalue weighted by molar-refractivity contribution is -0.138. The van der Waals surface area contributed by atoms with E-state index < -0.39 is 23.1 Å². The molecule has 0 fully saturated rings. The summed E-state index contributed by atoms with van der Waals surface area (Å²) in [6.07, 6.45) is 1.47. The fourth-order valence-corrected chi connectivity index (χ4v) is 3.59. The van der Waals surface area contributed by atoms with E-state index in [0.29, 0.717) is 22.1 Å². The van der Waals surface area contributed by atoms with Crippen molar-refractivity contribution in [2.45, 2.75) is 12.8 Å². The Balaban J connectivity index is 2.35. The van der Waals surface area contributed by atoms with Crippen molar-refractivity contribution < 1.29 is 9.53 Å². The topological polar surface area (TPSA) is 82.3 Å². The second-order valence-corrected chi connectivity index (χ2v) is 6.94. The molecule has 8 heteroatoms. The van der Waals surface area contributed by atoms with Crippen molar-refractivity contribution in [1.29, 1.82) is 0 Å². The molecule has 28 heavy (non-hydrogen) atoms. The highest BCUT2D eigenvalue weighted by molar-refractivity contribution is 6.30. The fraction of sp³-hybridized carbons (Fsp3) is 0.250. The Bertz CT molecular complexity index is 1130. The van der Waals surface area contributed by atoms with Crippen LogP contribution < -0.4 is 16.6 Å². The summed E-state index contributed by atoms with van der Waals surface area (Å²) in [5.74, 6) is -0.968. The molecule has 1 aromatic heterocycles. The number of esters is 1. The van der Waals surface area contributed by atoms with Crippen LogP contribution in [0, 0.1) is 0 Å². The normalized spacial score (nSPS) is 15.6. The molecule has 0 saturated carbocycles. The van der Waals surface area contributed by atoms with Gasteiger partial charge in [-0.25, -0.2) is 9.59 Å². The summed E-state index contributed by atoms with van der Waals surface area (Å²) in [5.41, 5.74) is 0.754. The van der Waals surface area contributed by atoms with E-state index in [-0.39, 0.29) is 17.7 Å². The summed E-state index contributed by atoms with van der Waals surface area (Å²) in [6, 6.07) is 6.93. The molecule has 0 unspecified atom stereocenters. The van der Waals surface area contributed by atoms with Gasteiger partial charge in [-0.15, -0.1) is 0 Å². The summed E-state index contributed by atoms with van der Waals surface area (Å²) < 4.78 is 7.63. The Morgan fingerprint density at radius 3 is 2.68 bits per heavy atom. The lowest BCUT2D eigenvalue weighted by Gasteiger charge is -2.30. The third-order valence-electron chi connectivity index (χ3n) is 4.72. The minimum absolute atomic E-state index is 0.0377. The van der Waals surface area contributed by atoms with E-state index in [0.717, 1.165) is 4.57 Å². The summed E-state index contributed by atoms with van der Waals surface area (Å²) in [4.78, 5) is 38.2. The number of benzene rings is 1. The number of carbonyl (C=O) groups excluding carboxylic acids is 1. The van der Waals surface area contributed by atoms with Crippen LogP contribution in [0.2, 0.25) is 5.02 Å². The molecule has 0 amide bonds. The fourth-order valence-electron chi connectivity index (χ4n) is 3.39. The smallest absolute Gasteiger partial charge is 0.337 e. The molecule has 0 bridgehead atoms. The maximum Gasteiger partial charge on any atom is 0.337 e. The van der Waals surface area contributed by atoms with Crippen molar-refractivity contribution >= 4 is 23.4 Å². The predicted octanol–water partition coefficient (Wildman–Crippen LogP) is 2.30. The number of aromatic nitrogens is 2. The van der Waals surface area contributed by atoms with Crippen LogP contribution in [0.5, 0.6) is 0 Å². The van der Waals surface area contributed by atoms with Crippen LogP contribution in [0.15, 0.2) is 57.8 Å². The molecule has 0 aliphatic carbocycles. The Morgan fingerprint density at radius 1 is 1.32 bits per heavy atom. The van der Waals surface area contributed by atoms with Gasteiger partial charge in [-0.2, -0.15) is 0 Å². The van der Waals surface area contributed by atoms with Crippen molar-refractivity contribution in [1.82, 2.24) is 9.13 Å². The van der Waals surface area contributed by atoms with Crippen molar-refractivity contribution in [2.24, 2.45) is 14.1 Å². The van der Waals surface area contributed by atoms with E-state index >= 15 is 0 Å². The van der Waals surface area contributed by atoms with Crippen molar-refractivity contribution in [3.63, 3.8) is 0 Å². The average molecular weight is 402 g/mol. The number of fused-ring (bicyclic) bond motifs is 1. The zero-order chi connectivity index (χ0) is 20.6. The number of hydrogen-bond donors (Lipinski definition) is 1. The van der Waals surface area contributed by atoms with Crippen LogP contribution in [0.25, 0.3) is 0 Å². The summed E-state index contributed by atoms with van der Waals surface area (Å²) in [7, 11) is 2.97. The van der Waals surface area contributed by atoms with Gasteiger partial charge in [0.15, 0.2) is 0 Å². The van der Waals surface area contributed by atoms with Gasteiger partial charge in [0, 0.05) is 24.8 Å². The van der Waals surface area contributed by atoms with Crippen LogP contribution in [-0.4, -0.2) is 21.7 Å². The molecular formula is C20H20ClN3O4.